The molecule has 0 atom stereocenters. The van der Waals surface area contributed by atoms with Gasteiger partial charge in [-0.15, -0.1) is 0 Å². The Morgan fingerprint density at radius 2 is 1.96 bits per heavy atom. The monoisotopic (exact) mass is 399 g/mol. The summed E-state index contributed by atoms with van der Waals surface area (Å²) >= 11 is 6.06. The van der Waals surface area contributed by atoms with Gasteiger partial charge >= 0.3 is 6.03 Å². The number of halogens is 1. The highest BCUT2D eigenvalue weighted by molar-refractivity contribution is 6.31. The third-order valence-electron chi connectivity index (χ3n) is 4.57. The zero-order chi connectivity index (χ0) is 20.1. The van der Waals surface area contributed by atoms with Crippen LogP contribution >= 0.6 is 11.6 Å². The van der Waals surface area contributed by atoms with Crippen molar-refractivity contribution in [1.82, 2.24) is 4.90 Å². The van der Waals surface area contributed by atoms with E-state index in [4.69, 9.17) is 22.1 Å². The Kier molecular flexibility index (Phi) is 6.21. The number of hydrogen-bond acceptors (Lipinski definition) is 3. The summed E-state index contributed by atoms with van der Waals surface area (Å²) < 4.78 is 5.55. The third-order valence-corrected chi connectivity index (χ3v) is 4.98. The molecule has 0 aromatic heterocycles. The van der Waals surface area contributed by atoms with Gasteiger partial charge in [-0.2, -0.15) is 0 Å². The standard InChI is InChI=1S/C21H22ClN3O3/c1-14-2-5-17(12-19(14)22)24-20(26)13-28-18-6-3-15(4-7-18)16-8-10-25(11-9-16)21(23)27/h2-8,12H,9-11,13H2,1H3,(H2,23,27)(H,24,26). The Balaban J connectivity index is 1.52. The minimum atomic E-state index is -0.398. The van der Waals surface area contributed by atoms with Crippen LogP contribution < -0.4 is 15.8 Å². The lowest BCUT2D eigenvalue weighted by Crippen LogP contribution is -2.38. The maximum absolute atomic E-state index is 12.1. The lowest BCUT2D eigenvalue weighted by molar-refractivity contribution is -0.118. The first-order chi connectivity index (χ1) is 13.4. The first-order valence-corrected chi connectivity index (χ1v) is 9.33. The first-order valence-electron chi connectivity index (χ1n) is 8.95. The maximum atomic E-state index is 12.1. The molecule has 0 unspecified atom stereocenters. The Bertz CT molecular complexity index is 910. The Morgan fingerprint density at radius 3 is 2.57 bits per heavy atom. The molecule has 1 aliphatic rings. The molecule has 0 fully saturated rings. The quantitative estimate of drug-likeness (QED) is 0.801. The molecule has 0 bridgehead atoms. The summed E-state index contributed by atoms with van der Waals surface area (Å²) in [5.41, 5.74) is 9.11. The number of aryl methyl sites for hydroxylation is 1. The minimum Gasteiger partial charge on any atom is -0.484 e. The van der Waals surface area contributed by atoms with Crippen molar-refractivity contribution in [3.05, 3.63) is 64.7 Å². The number of nitrogens with one attached hydrogen (secondary N) is 1. The van der Waals surface area contributed by atoms with Gasteiger partial charge in [0.2, 0.25) is 0 Å². The maximum Gasteiger partial charge on any atom is 0.315 e. The molecule has 6 nitrogen and oxygen atoms in total. The van der Waals surface area contributed by atoms with Crippen molar-refractivity contribution in [2.75, 3.05) is 25.0 Å². The lowest BCUT2D eigenvalue weighted by atomic mass is 9.99. The van der Waals surface area contributed by atoms with E-state index < -0.39 is 6.03 Å². The van der Waals surface area contributed by atoms with Gasteiger partial charge in [0.1, 0.15) is 5.75 Å². The first kappa shape index (κ1) is 19.8. The van der Waals surface area contributed by atoms with Crippen LogP contribution in [0, 0.1) is 6.92 Å². The molecular weight excluding hydrogens is 378 g/mol. The van der Waals surface area contributed by atoms with Crippen molar-refractivity contribution in [2.45, 2.75) is 13.3 Å². The predicted octanol–water partition coefficient (Wildman–Crippen LogP) is 3.83. The van der Waals surface area contributed by atoms with Crippen LogP contribution in [0.4, 0.5) is 10.5 Å². The van der Waals surface area contributed by atoms with Crippen LogP contribution in [0.25, 0.3) is 5.57 Å². The minimum absolute atomic E-state index is 0.0961. The summed E-state index contributed by atoms with van der Waals surface area (Å²) in [5, 5.41) is 3.36. The average Bonchev–Trinajstić information content (AvgIpc) is 2.70. The largest absolute Gasteiger partial charge is 0.484 e. The molecule has 0 spiro atoms. The molecule has 146 valence electrons. The highest BCUT2D eigenvalue weighted by Crippen LogP contribution is 2.24. The van der Waals surface area contributed by atoms with Crippen molar-refractivity contribution in [3.63, 3.8) is 0 Å². The Labute approximate surface area is 168 Å². The summed E-state index contributed by atoms with van der Waals surface area (Å²) in [6, 6.07) is 12.5. The fourth-order valence-electron chi connectivity index (χ4n) is 2.91. The number of hydrogen-bond donors (Lipinski definition) is 2. The highest BCUT2D eigenvalue weighted by atomic mass is 35.5. The molecule has 1 heterocycles. The molecule has 28 heavy (non-hydrogen) atoms. The second-order valence-corrected chi connectivity index (χ2v) is 7.00. The smallest absolute Gasteiger partial charge is 0.315 e. The van der Waals surface area contributed by atoms with Gasteiger partial charge in [0.05, 0.1) is 0 Å². The zero-order valence-electron chi connectivity index (χ0n) is 15.6. The van der Waals surface area contributed by atoms with Gasteiger partial charge < -0.3 is 20.7 Å². The van der Waals surface area contributed by atoms with Crippen LogP contribution in [-0.2, 0) is 4.79 Å². The number of carbonyl (C=O) groups excluding carboxylic acids is 2. The Morgan fingerprint density at radius 1 is 1.21 bits per heavy atom. The SMILES string of the molecule is Cc1ccc(NC(=O)COc2ccc(C3=CCN(C(N)=O)CC3)cc2)cc1Cl. The van der Waals surface area contributed by atoms with Crippen molar-refractivity contribution in [3.8, 4) is 5.75 Å². The van der Waals surface area contributed by atoms with Crippen LogP contribution in [0.3, 0.4) is 0 Å². The molecule has 3 N–H and O–H groups in total. The van der Waals surface area contributed by atoms with E-state index in [1.807, 2.05) is 43.3 Å². The number of nitrogens with zero attached hydrogens (tertiary/aromatic N) is 1. The van der Waals surface area contributed by atoms with E-state index in [9.17, 15) is 9.59 Å². The van der Waals surface area contributed by atoms with Gasteiger partial charge in [-0.3, -0.25) is 4.79 Å². The van der Waals surface area contributed by atoms with E-state index in [-0.39, 0.29) is 12.5 Å². The number of anilines is 1. The lowest BCUT2D eigenvalue weighted by Gasteiger charge is -2.24. The van der Waals surface area contributed by atoms with Crippen LogP contribution in [0.1, 0.15) is 17.5 Å². The summed E-state index contributed by atoms with van der Waals surface area (Å²) in [7, 11) is 0. The molecular formula is C21H22ClN3O3. The molecule has 3 amide bonds. The van der Waals surface area contributed by atoms with Crippen LogP contribution in [0.15, 0.2) is 48.5 Å². The molecule has 0 saturated heterocycles. The molecule has 3 rings (SSSR count). The molecule has 0 aliphatic carbocycles. The Hall–Kier alpha value is -2.99. The number of ether oxygens (including phenoxy) is 1. The summed E-state index contributed by atoms with van der Waals surface area (Å²) in [4.78, 5) is 24.8. The van der Waals surface area contributed by atoms with Crippen molar-refractivity contribution >= 4 is 34.8 Å². The van der Waals surface area contributed by atoms with Gasteiger partial charge in [0.25, 0.3) is 5.91 Å². The van der Waals surface area contributed by atoms with E-state index in [0.717, 1.165) is 23.1 Å². The predicted molar refractivity (Wildman–Crippen MR) is 111 cm³/mol. The second-order valence-electron chi connectivity index (χ2n) is 6.59. The van der Waals surface area contributed by atoms with Gasteiger partial charge in [-0.25, -0.2) is 4.79 Å². The fraction of sp³-hybridized carbons (Fsp3) is 0.238. The van der Waals surface area contributed by atoms with E-state index in [0.29, 0.717) is 29.5 Å². The molecule has 2 aromatic carbocycles. The molecule has 2 aromatic rings. The number of urea groups is 1. The molecule has 7 heteroatoms. The fourth-order valence-corrected chi connectivity index (χ4v) is 3.09. The molecule has 0 saturated carbocycles. The van der Waals surface area contributed by atoms with Crippen molar-refractivity contribution < 1.29 is 14.3 Å². The molecule has 0 radical (unpaired) electrons. The van der Waals surface area contributed by atoms with Crippen LogP contribution in [0.5, 0.6) is 5.75 Å². The third kappa shape index (κ3) is 5.04. The second kappa shape index (κ2) is 8.80. The normalized spacial score (nSPS) is 13.6. The molecule has 1 aliphatic heterocycles. The summed E-state index contributed by atoms with van der Waals surface area (Å²) in [5.74, 6) is 0.349. The van der Waals surface area contributed by atoms with Crippen LogP contribution in [0.2, 0.25) is 5.02 Å². The van der Waals surface area contributed by atoms with Crippen molar-refractivity contribution in [1.29, 1.82) is 0 Å². The summed E-state index contributed by atoms with van der Waals surface area (Å²) in [6.07, 6.45) is 2.76. The number of rotatable bonds is 5. The number of benzene rings is 2. The van der Waals surface area contributed by atoms with E-state index in [1.54, 1.807) is 17.0 Å². The highest BCUT2D eigenvalue weighted by Gasteiger charge is 2.15. The van der Waals surface area contributed by atoms with Gasteiger partial charge in [-0.1, -0.05) is 35.9 Å². The zero-order valence-corrected chi connectivity index (χ0v) is 16.3. The van der Waals surface area contributed by atoms with Crippen LogP contribution in [-0.4, -0.2) is 36.5 Å². The van der Waals surface area contributed by atoms with Gasteiger partial charge in [-0.05, 0) is 54.3 Å². The van der Waals surface area contributed by atoms with Gasteiger partial charge in [0.15, 0.2) is 6.61 Å². The summed E-state index contributed by atoms with van der Waals surface area (Å²) in [6.45, 7) is 2.94. The number of amides is 3. The number of nitrogens with two attached hydrogens (primary N) is 1. The number of primary amides is 1. The van der Waals surface area contributed by atoms with E-state index >= 15 is 0 Å². The van der Waals surface area contributed by atoms with E-state index in [2.05, 4.69) is 5.32 Å². The average molecular weight is 400 g/mol. The van der Waals surface area contributed by atoms with Crippen molar-refractivity contribution in [2.24, 2.45) is 5.73 Å². The van der Waals surface area contributed by atoms with Gasteiger partial charge in [0, 0.05) is 23.8 Å². The number of carbonyl (C=O) groups is 2. The topological polar surface area (TPSA) is 84.7 Å². The van der Waals surface area contributed by atoms with E-state index in [1.165, 1.54) is 0 Å².